The molecule has 19 heavy (non-hydrogen) atoms. The minimum Gasteiger partial charge on any atom is -0.463 e. The van der Waals surface area contributed by atoms with Crippen molar-refractivity contribution < 1.29 is 9.47 Å². The van der Waals surface area contributed by atoms with Gasteiger partial charge in [-0.2, -0.15) is 0 Å². The molecule has 1 aliphatic rings. The third-order valence-electron chi connectivity index (χ3n) is 3.72. The molecule has 0 saturated heterocycles. The maximum Gasteiger partial charge on any atom is 0.258 e. The van der Waals surface area contributed by atoms with E-state index in [2.05, 4.69) is 0 Å². The molecule has 1 aromatic heterocycles. The van der Waals surface area contributed by atoms with Crippen LogP contribution in [0.5, 0.6) is 5.75 Å². The zero-order chi connectivity index (χ0) is 13.6. The number of aromatic nitrogens is 1. The Balaban J connectivity index is 2.29. The molecule has 4 nitrogen and oxygen atoms in total. The monoisotopic (exact) mass is 259 g/mol. The highest BCUT2D eigenvalue weighted by atomic mass is 16.7. The SMILES string of the molecule is CCOC1Oc2c(c(=O)n(C)c3ccccc23)C1C. The molecule has 2 unspecified atom stereocenters. The first kappa shape index (κ1) is 12.2. The molecule has 1 aliphatic heterocycles. The maximum atomic E-state index is 12.5. The molecule has 3 rings (SSSR count). The molecule has 1 aromatic carbocycles. The lowest BCUT2D eigenvalue weighted by atomic mass is 10.0. The molecule has 2 atom stereocenters. The average molecular weight is 259 g/mol. The lowest BCUT2D eigenvalue weighted by Crippen LogP contribution is -2.25. The van der Waals surface area contributed by atoms with E-state index in [1.54, 1.807) is 11.6 Å². The van der Waals surface area contributed by atoms with Crippen molar-refractivity contribution in [1.82, 2.24) is 4.57 Å². The Morgan fingerprint density at radius 2 is 2.11 bits per heavy atom. The lowest BCUT2D eigenvalue weighted by molar-refractivity contribution is -0.0728. The fourth-order valence-corrected chi connectivity index (χ4v) is 2.72. The van der Waals surface area contributed by atoms with Crippen LogP contribution < -0.4 is 10.3 Å². The van der Waals surface area contributed by atoms with Gasteiger partial charge < -0.3 is 14.0 Å². The van der Waals surface area contributed by atoms with Crippen molar-refractivity contribution in [3.05, 3.63) is 40.2 Å². The van der Waals surface area contributed by atoms with Gasteiger partial charge >= 0.3 is 0 Å². The summed E-state index contributed by atoms with van der Waals surface area (Å²) in [7, 11) is 1.80. The number of nitrogens with zero attached hydrogens (tertiary/aromatic N) is 1. The van der Waals surface area contributed by atoms with Gasteiger partial charge in [-0.15, -0.1) is 0 Å². The molecule has 0 bridgehead atoms. The first-order chi connectivity index (χ1) is 9.15. The molecule has 0 radical (unpaired) electrons. The van der Waals surface area contributed by atoms with Crippen molar-refractivity contribution in [2.75, 3.05) is 6.61 Å². The van der Waals surface area contributed by atoms with Gasteiger partial charge in [0.15, 0.2) is 0 Å². The Morgan fingerprint density at radius 1 is 1.37 bits per heavy atom. The molecule has 0 saturated carbocycles. The summed E-state index contributed by atoms with van der Waals surface area (Å²) < 4.78 is 13.1. The molecular formula is C15H17NO3. The number of rotatable bonds is 2. The van der Waals surface area contributed by atoms with Crippen LogP contribution in [-0.4, -0.2) is 17.5 Å². The van der Waals surface area contributed by atoms with E-state index < -0.39 is 0 Å². The number of ether oxygens (including phenoxy) is 2. The van der Waals surface area contributed by atoms with Gasteiger partial charge in [-0.05, 0) is 19.1 Å². The van der Waals surface area contributed by atoms with Crippen LogP contribution in [0.2, 0.25) is 0 Å². The second kappa shape index (κ2) is 4.38. The van der Waals surface area contributed by atoms with Crippen molar-refractivity contribution in [2.24, 2.45) is 7.05 Å². The molecule has 0 spiro atoms. The van der Waals surface area contributed by atoms with E-state index in [0.29, 0.717) is 12.4 Å². The van der Waals surface area contributed by atoms with E-state index in [1.807, 2.05) is 38.1 Å². The van der Waals surface area contributed by atoms with Crippen molar-refractivity contribution in [2.45, 2.75) is 26.1 Å². The number of para-hydroxylation sites is 1. The van der Waals surface area contributed by atoms with Crippen LogP contribution in [-0.2, 0) is 11.8 Å². The molecule has 0 N–H and O–H groups in total. The van der Waals surface area contributed by atoms with Gasteiger partial charge in [0.25, 0.3) is 5.56 Å². The highest BCUT2D eigenvalue weighted by molar-refractivity contribution is 5.87. The normalized spacial score (nSPS) is 21.4. The molecule has 0 amide bonds. The first-order valence-electron chi connectivity index (χ1n) is 6.55. The molecule has 100 valence electrons. The van der Waals surface area contributed by atoms with E-state index >= 15 is 0 Å². The Labute approximate surface area is 111 Å². The fraction of sp³-hybridized carbons (Fsp3) is 0.400. The van der Waals surface area contributed by atoms with Crippen LogP contribution in [0.1, 0.15) is 25.3 Å². The van der Waals surface area contributed by atoms with E-state index in [-0.39, 0.29) is 17.8 Å². The van der Waals surface area contributed by atoms with E-state index in [9.17, 15) is 4.79 Å². The van der Waals surface area contributed by atoms with Crippen LogP contribution in [0.25, 0.3) is 10.9 Å². The Hall–Kier alpha value is -1.81. The predicted molar refractivity (Wildman–Crippen MR) is 73.6 cm³/mol. The van der Waals surface area contributed by atoms with Gasteiger partial charge in [0.2, 0.25) is 6.29 Å². The summed E-state index contributed by atoms with van der Waals surface area (Å²) in [4.78, 5) is 12.5. The third kappa shape index (κ3) is 1.67. The van der Waals surface area contributed by atoms with Gasteiger partial charge in [0, 0.05) is 19.0 Å². The Bertz CT molecular complexity index is 690. The minimum absolute atomic E-state index is 0.00315. The zero-order valence-corrected chi connectivity index (χ0v) is 11.3. The zero-order valence-electron chi connectivity index (χ0n) is 11.3. The summed E-state index contributed by atoms with van der Waals surface area (Å²) >= 11 is 0. The van der Waals surface area contributed by atoms with Crippen LogP contribution >= 0.6 is 0 Å². The second-order valence-electron chi connectivity index (χ2n) is 4.85. The summed E-state index contributed by atoms with van der Waals surface area (Å²) in [5.74, 6) is 0.642. The first-order valence-corrected chi connectivity index (χ1v) is 6.55. The van der Waals surface area contributed by atoms with Crippen molar-refractivity contribution in [1.29, 1.82) is 0 Å². The molecule has 4 heteroatoms. The molecule has 2 aromatic rings. The number of hydrogen-bond acceptors (Lipinski definition) is 3. The van der Waals surface area contributed by atoms with Crippen LogP contribution in [0, 0.1) is 0 Å². The van der Waals surface area contributed by atoms with Gasteiger partial charge in [0.1, 0.15) is 5.75 Å². The summed E-state index contributed by atoms with van der Waals surface area (Å²) in [6, 6.07) is 7.79. The van der Waals surface area contributed by atoms with Gasteiger partial charge in [0.05, 0.1) is 17.0 Å². The summed E-state index contributed by atoms with van der Waals surface area (Å²) in [6.07, 6.45) is -0.362. The number of hydrogen-bond donors (Lipinski definition) is 0. The topological polar surface area (TPSA) is 40.5 Å². The highest BCUT2D eigenvalue weighted by Gasteiger charge is 2.36. The lowest BCUT2D eigenvalue weighted by Gasteiger charge is -2.14. The summed E-state index contributed by atoms with van der Waals surface area (Å²) in [5, 5.41) is 0.966. The van der Waals surface area contributed by atoms with Crippen LogP contribution in [0.4, 0.5) is 0 Å². The predicted octanol–water partition coefficient (Wildman–Crippen LogP) is 2.40. The van der Waals surface area contributed by atoms with E-state index in [0.717, 1.165) is 16.5 Å². The molecule has 0 fully saturated rings. The quantitative estimate of drug-likeness (QED) is 0.831. The maximum absolute atomic E-state index is 12.5. The highest BCUT2D eigenvalue weighted by Crippen LogP contribution is 2.40. The second-order valence-corrected chi connectivity index (χ2v) is 4.85. The van der Waals surface area contributed by atoms with Crippen LogP contribution in [0.3, 0.4) is 0 Å². The summed E-state index contributed by atoms with van der Waals surface area (Å²) in [5.41, 5.74) is 1.61. The minimum atomic E-state index is -0.362. The molecule has 2 heterocycles. The third-order valence-corrected chi connectivity index (χ3v) is 3.72. The van der Waals surface area contributed by atoms with E-state index in [4.69, 9.17) is 9.47 Å². The Morgan fingerprint density at radius 3 is 2.84 bits per heavy atom. The number of pyridine rings is 1. The van der Waals surface area contributed by atoms with Crippen molar-refractivity contribution >= 4 is 10.9 Å². The fourth-order valence-electron chi connectivity index (χ4n) is 2.72. The standard InChI is InChI=1S/C15H17NO3/c1-4-18-15-9(2)12-13(19-15)10-7-5-6-8-11(10)16(3)14(12)17/h5-9,15H,4H2,1-3H3. The van der Waals surface area contributed by atoms with Gasteiger partial charge in [-0.3, -0.25) is 4.79 Å². The number of fused-ring (bicyclic) bond motifs is 3. The number of aryl methyl sites for hydroxylation is 1. The van der Waals surface area contributed by atoms with Crippen LogP contribution in [0.15, 0.2) is 29.1 Å². The van der Waals surface area contributed by atoms with Crippen molar-refractivity contribution in [3.8, 4) is 5.75 Å². The Kier molecular flexibility index (Phi) is 2.82. The summed E-state index contributed by atoms with van der Waals surface area (Å²) in [6.45, 7) is 4.47. The van der Waals surface area contributed by atoms with Gasteiger partial charge in [-0.25, -0.2) is 0 Å². The largest absolute Gasteiger partial charge is 0.463 e. The number of benzene rings is 1. The smallest absolute Gasteiger partial charge is 0.258 e. The van der Waals surface area contributed by atoms with Crippen molar-refractivity contribution in [3.63, 3.8) is 0 Å². The van der Waals surface area contributed by atoms with Gasteiger partial charge in [-0.1, -0.05) is 19.1 Å². The van der Waals surface area contributed by atoms with E-state index in [1.165, 1.54) is 0 Å². The average Bonchev–Trinajstić information content (AvgIpc) is 2.74. The molecular weight excluding hydrogens is 242 g/mol. The molecule has 0 aliphatic carbocycles.